The van der Waals surface area contributed by atoms with Gasteiger partial charge < -0.3 is 4.84 Å². The average molecular weight is 169 g/mol. The van der Waals surface area contributed by atoms with E-state index in [2.05, 4.69) is 10.3 Å². The Morgan fingerprint density at radius 3 is 2.92 bits per heavy atom. The Morgan fingerprint density at radius 1 is 1.67 bits per heavy atom. The molecule has 0 N–H and O–H groups in total. The number of carbonyl (C=O) groups excluding carboxylic acids is 1. The first kappa shape index (κ1) is 8.70. The molecule has 12 heavy (non-hydrogen) atoms. The van der Waals surface area contributed by atoms with Crippen LogP contribution in [0.1, 0.15) is 26.0 Å². The lowest BCUT2D eigenvalue weighted by molar-refractivity contribution is -0.145. The third kappa shape index (κ3) is 2.05. The van der Waals surface area contributed by atoms with Gasteiger partial charge in [0, 0.05) is 6.42 Å². The van der Waals surface area contributed by atoms with Gasteiger partial charge in [-0.3, -0.25) is 0 Å². The van der Waals surface area contributed by atoms with E-state index in [0.29, 0.717) is 6.42 Å². The van der Waals surface area contributed by atoms with Crippen LogP contribution in [0, 0.1) is 0 Å². The van der Waals surface area contributed by atoms with Crippen LogP contribution < -0.4 is 4.84 Å². The fraction of sp³-hybridized carbons (Fsp3) is 0.571. The molecule has 5 nitrogen and oxygen atoms in total. The molecule has 0 unspecified atom stereocenters. The number of carbonyl (C=O) groups is 1. The summed E-state index contributed by atoms with van der Waals surface area (Å²) in [7, 11) is 0. The minimum absolute atomic E-state index is 0.317. The van der Waals surface area contributed by atoms with Gasteiger partial charge in [0.05, 0.1) is 11.9 Å². The Labute approximate surface area is 70.3 Å². The summed E-state index contributed by atoms with van der Waals surface area (Å²) in [5, 5.41) is 7.36. The van der Waals surface area contributed by atoms with Crippen molar-refractivity contribution in [2.45, 2.75) is 26.7 Å². The van der Waals surface area contributed by atoms with Crippen LogP contribution in [0.3, 0.4) is 0 Å². The highest BCUT2D eigenvalue weighted by Gasteiger charge is 2.02. The number of rotatable bonds is 3. The van der Waals surface area contributed by atoms with Crippen LogP contribution >= 0.6 is 0 Å². The summed E-state index contributed by atoms with van der Waals surface area (Å²) in [6, 6.07) is 0. The number of hydrogen-bond acceptors (Lipinski definition) is 4. The third-order valence-electron chi connectivity index (χ3n) is 1.37. The summed E-state index contributed by atoms with van der Waals surface area (Å²) in [6.45, 7) is 3.68. The fourth-order valence-corrected chi connectivity index (χ4v) is 0.656. The van der Waals surface area contributed by atoms with Crippen LogP contribution in [0.5, 0.6) is 0 Å². The molecule has 0 aliphatic rings. The van der Waals surface area contributed by atoms with Crippen LogP contribution in [0.4, 0.5) is 0 Å². The summed E-state index contributed by atoms with van der Waals surface area (Å²) in [4.78, 5) is 16.6. The van der Waals surface area contributed by atoms with Gasteiger partial charge in [0.25, 0.3) is 0 Å². The zero-order chi connectivity index (χ0) is 8.97. The van der Waals surface area contributed by atoms with E-state index in [-0.39, 0.29) is 5.97 Å². The zero-order valence-corrected chi connectivity index (χ0v) is 7.15. The van der Waals surface area contributed by atoms with E-state index in [1.54, 1.807) is 13.1 Å². The Balaban J connectivity index is 2.58. The van der Waals surface area contributed by atoms with Crippen molar-refractivity contribution in [3.05, 3.63) is 11.9 Å². The van der Waals surface area contributed by atoms with Crippen molar-refractivity contribution in [1.29, 1.82) is 0 Å². The van der Waals surface area contributed by atoms with Gasteiger partial charge in [0.15, 0.2) is 0 Å². The van der Waals surface area contributed by atoms with Gasteiger partial charge in [0.1, 0.15) is 0 Å². The highest BCUT2D eigenvalue weighted by molar-refractivity contribution is 5.69. The molecule has 1 heterocycles. The monoisotopic (exact) mass is 169 g/mol. The van der Waals surface area contributed by atoms with Gasteiger partial charge in [-0.15, -0.1) is 5.10 Å². The topological polar surface area (TPSA) is 57.0 Å². The maximum atomic E-state index is 10.8. The lowest BCUT2D eigenvalue weighted by atomic mass is 10.4. The molecule has 0 bridgehead atoms. The van der Waals surface area contributed by atoms with Gasteiger partial charge in [-0.2, -0.15) is 0 Å². The average Bonchev–Trinajstić information content (AvgIpc) is 2.52. The molecule has 0 aromatic carbocycles. The largest absolute Gasteiger partial charge is 0.334 e. The van der Waals surface area contributed by atoms with Crippen molar-refractivity contribution in [3.63, 3.8) is 0 Å². The molecule has 0 aliphatic carbocycles. The van der Waals surface area contributed by atoms with Crippen molar-refractivity contribution in [2.75, 3.05) is 0 Å². The molecule has 0 saturated heterocycles. The van der Waals surface area contributed by atoms with Crippen molar-refractivity contribution >= 4 is 5.97 Å². The Bertz CT molecular complexity index is 269. The fourth-order valence-electron chi connectivity index (χ4n) is 0.656. The van der Waals surface area contributed by atoms with Gasteiger partial charge in [-0.1, -0.05) is 18.7 Å². The number of nitrogens with zero attached hydrogens (tertiary/aromatic N) is 3. The molecule has 66 valence electrons. The van der Waals surface area contributed by atoms with Crippen molar-refractivity contribution < 1.29 is 9.63 Å². The maximum absolute atomic E-state index is 10.8. The van der Waals surface area contributed by atoms with Crippen molar-refractivity contribution in [2.24, 2.45) is 0 Å². The van der Waals surface area contributed by atoms with Crippen LogP contribution in [0.25, 0.3) is 0 Å². The summed E-state index contributed by atoms with van der Waals surface area (Å²) in [6.07, 6.45) is 2.71. The molecular weight excluding hydrogens is 158 g/mol. The minimum Gasteiger partial charge on any atom is -0.318 e. The minimum atomic E-state index is -0.317. The summed E-state index contributed by atoms with van der Waals surface area (Å²) < 4.78 is 0. The highest BCUT2D eigenvalue weighted by Crippen LogP contribution is 1.91. The second kappa shape index (κ2) is 3.85. The van der Waals surface area contributed by atoms with Crippen LogP contribution in [0.15, 0.2) is 6.20 Å². The van der Waals surface area contributed by atoms with E-state index in [9.17, 15) is 4.79 Å². The van der Waals surface area contributed by atoms with Gasteiger partial charge in [0.2, 0.25) is 0 Å². The van der Waals surface area contributed by atoms with Gasteiger partial charge in [-0.05, 0) is 11.6 Å². The highest BCUT2D eigenvalue weighted by atomic mass is 16.7. The molecule has 0 saturated carbocycles. The molecule has 0 fully saturated rings. The zero-order valence-electron chi connectivity index (χ0n) is 7.15. The van der Waals surface area contributed by atoms with E-state index in [0.717, 1.165) is 17.0 Å². The van der Waals surface area contributed by atoms with E-state index >= 15 is 0 Å². The van der Waals surface area contributed by atoms with Crippen LogP contribution in [0.2, 0.25) is 0 Å². The number of hydrogen-bond donors (Lipinski definition) is 0. The molecule has 0 aliphatic heterocycles. The smallest absolute Gasteiger partial charge is 0.318 e. The van der Waals surface area contributed by atoms with Crippen LogP contribution in [-0.4, -0.2) is 21.1 Å². The predicted octanol–water partition coefficient (Wildman–Crippen LogP) is 0.206. The summed E-state index contributed by atoms with van der Waals surface area (Å²) in [5.41, 5.74) is 0.805. The van der Waals surface area contributed by atoms with Crippen molar-refractivity contribution in [3.8, 4) is 0 Å². The molecule has 0 spiro atoms. The number of aryl methyl sites for hydroxylation is 1. The molecule has 1 aromatic rings. The Morgan fingerprint density at radius 2 is 2.42 bits per heavy atom. The lowest BCUT2D eigenvalue weighted by Gasteiger charge is -1.97. The normalized spacial score (nSPS) is 9.83. The number of aromatic nitrogens is 3. The maximum Gasteiger partial charge on any atom is 0.334 e. The summed E-state index contributed by atoms with van der Waals surface area (Å²) >= 11 is 0. The Hall–Kier alpha value is -1.39. The van der Waals surface area contributed by atoms with E-state index in [4.69, 9.17) is 4.84 Å². The van der Waals surface area contributed by atoms with Crippen molar-refractivity contribution in [1.82, 2.24) is 15.2 Å². The molecule has 1 aromatic heterocycles. The predicted molar refractivity (Wildman–Crippen MR) is 41.3 cm³/mol. The third-order valence-corrected chi connectivity index (χ3v) is 1.37. The first-order chi connectivity index (χ1) is 5.76. The van der Waals surface area contributed by atoms with E-state index < -0.39 is 0 Å². The molecule has 0 radical (unpaired) electrons. The summed E-state index contributed by atoms with van der Waals surface area (Å²) in [5.74, 6) is -0.317. The molecule has 0 amide bonds. The van der Waals surface area contributed by atoms with Gasteiger partial charge >= 0.3 is 5.97 Å². The lowest BCUT2D eigenvalue weighted by Crippen LogP contribution is -2.19. The second-order valence-electron chi connectivity index (χ2n) is 2.28. The SMILES string of the molecule is CCC(=O)On1cc(CC)nn1. The van der Waals surface area contributed by atoms with E-state index in [1.807, 2.05) is 6.92 Å². The van der Waals surface area contributed by atoms with Crippen LogP contribution in [-0.2, 0) is 11.2 Å². The first-order valence-corrected chi connectivity index (χ1v) is 3.88. The molecular formula is C7H11N3O2. The second-order valence-corrected chi connectivity index (χ2v) is 2.28. The molecule has 5 heteroatoms. The Kier molecular flexibility index (Phi) is 2.79. The molecule has 1 rings (SSSR count). The van der Waals surface area contributed by atoms with Gasteiger partial charge in [-0.25, -0.2) is 4.79 Å². The quantitative estimate of drug-likeness (QED) is 0.607. The first-order valence-electron chi connectivity index (χ1n) is 3.88. The molecule has 0 atom stereocenters. The van der Waals surface area contributed by atoms with E-state index in [1.165, 1.54) is 0 Å². The standard InChI is InChI=1S/C7H11N3O2/c1-3-6-5-10(9-8-6)12-7(11)4-2/h5H,3-4H2,1-2H3.